The molecule has 0 aliphatic rings. The summed E-state index contributed by atoms with van der Waals surface area (Å²) in [6.07, 6.45) is 2.83. The highest BCUT2D eigenvalue weighted by atomic mass is 16.5. The highest BCUT2D eigenvalue weighted by Gasteiger charge is 2.20. The van der Waals surface area contributed by atoms with E-state index in [1.165, 1.54) is 0 Å². The van der Waals surface area contributed by atoms with Gasteiger partial charge >= 0.3 is 0 Å². The number of rotatable bonds is 9. The molecule has 2 rings (SSSR count). The van der Waals surface area contributed by atoms with Gasteiger partial charge in [0.15, 0.2) is 5.82 Å². The van der Waals surface area contributed by atoms with Crippen LogP contribution in [0.15, 0.2) is 12.1 Å². The first kappa shape index (κ1) is 20.9. The number of methoxy groups -OCH3 is 2. The third-order valence-electron chi connectivity index (χ3n) is 4.71. The molecule has 0 spiro atoms. The first-order valence-electron chi connectivity index (χ1n) is 9.75. The van der Waals surface area contributed by atoms with E-state index in [4.69, 9.17) is 19.4 Å². The van der Waals surface area contributed by atoms with Crippen molar-refractivity contribution >= 4 is 5.82 Å². The molecule has 0 fully saturated rings. The van der Waals surface area contributed by atoms with Gasteiger partial charge in [-0.2, -0.15) is 4.98 Å². The highest BCUT2D eigenvalue weighted by molar-refractivity contribution is 5.71. The van der Waals surface area contributed by atoms with Crippen LogP contribution in [-0.2, 0) is 6.42 Å². The van der Waals surface area contributed by atoms with Gasteiger partial charge in [0.05, 0.1) is 25.5 Å². The summed E-state index contributed by atoms with van der Waals surface area (Å²) in [5.74, 6) is 2.12. The SMILES string of the molecule is CCc1nc(-c2ccc(C(C)C)nc2OC)c(OC)nc1NC(CC)CC. The molecule has 0 aromatic carbocycles. The number of pyridine rings is 1. The Morgan fingerprint density at radius 2 is 1.59 bits per heavy atom. The van der Waals surface area contributed by atoms with E-state index in [1.54, 1.807) is 14.2 Å². The van der Waals surface area contributed by atoms with Crippen molar-refractivity contribution in [2.24, 2.45) is 0 Å². The van der Waals surface area contributed by atoms with Gasteiger partial charge in [-0.3, -0.25) is 0 Å². The quantitative estimate of drug-likeness (QED) is 0.679. The lowest BCUT2D eigenvalue weighted by molar-refractivity contribution is 0.390. The van der Waals surface area contributed by atoms with Gasteiger partial charge < -0.3 is 14.8 Å². The van der Waals surface area contributed by atoms with E-state index in [0.717, 1.165) is 42.0 Å². The maximum atomic E-state index is 5.57. The van der Waals surface area contributed by atoms with Crippen LogP contribution in [0.4, 0.5) is 5.82 Å². The van der Waals surface area contributed by atoms with Crippen LogP contribution in [0.3, 0.4) is 0 Å². The van der Waals surface area contributed by atoms with E-state index in [2.05, 4.69) is 44.9 Å². The fourth-order valence-electron chi connectivity index (χ4n) is 2.93. The van der Waals surface area contributed by atoms with Crippen LogP contribution in [0, 0.1) is 0 Å². The second kappa shape index (κ2) is 9.53. The van der Waals surface area contributed by atoms with Gasteiger partial charge in [-0.05, 0) is 37.3 Å². The molecule has 27 heavy (non-hydrogen) atoms. The van der Waals surface area contributed by atoms with E-state index < -0.39 is 0 Å². The van der Waals surface area contributed by atoms with E-state index >= 15 is 0 Å². The lowest BCUT2D eigenvalue weighted by Gasteiger charge is -2.20. The molecule has 2 aromatic heterocycles. The molecule has 0 saturated carbocycles. The summed E-state index contributed by atoms with van der Waals surface area (Å²) in [7, 11) is 3.24. The lowest BCUT2D eigenvalue weighted by atomic mass is 10.1. The highest BCUT2D eigenvalue weighted by Crippen LogP contribution is 2.35. The predicted molar refractivity (Wildman–Crippen MR) is 110 cm³/mol. The second-order valence-corrected chi connectivity index (χ2v) is 6.84. The minimum atomic E-state index is 0.318. The Labute approximate surface area is 162 Å². The van der Waals surface area contributed by atoms with Gasteiger partial charge in [0.25, 0.3) is 0 Å². The van der Waals surface area contributed by atoms with Gasteiger partial charge in [-0.1, -0.05) is 34.6 Å². The maximum Gasteiger partial charge on any atom is 0.242 e. The van der Waals surface area contributed by atoms with E-state index in [1.807, 2.05) is 12.1 Å². The molecule has 6 heteroatoms. The zero-order chi connectivity index (χ0) is 20.0. The second-order valence-electron chi connectivity index (χ2n) is 6.84. The third kappa shape index (κ3) is 4.67. The third-order valence-corrected chi connectivity index (χ3v) is 4.71. The van der Waals surface area contributed by atoms with Crippen LogP contribution in [0.1, 0.15) is 64.8 Å². The lowest BCUT2D eigenvalue weighted by Crippen LogP contribution is -2.20. The average Bonchev–Trinajstić information content (AvgIpc) is 2.70. The minimum Gasteiger partial charge on any atom is -0.480 e. The van der Waals surface area contributed by atoms with Gasteiger partial charge in [0.2, 0.25) is 11.8 Å². The van der Waals surface area contributed by atoms with Crippen LogP contribution < -0.4 is 14.8 Å². The number of aryl methyl sites for hydroxylation is 1. The molecule has 0 saturated heterocycles. The normalized spacial score (nSPS) is 11.1. The molecule has 148 valence electrons. The van der Waals surface area contributed by atoms with Gasteiger partial charge in [0, 0.05) is 11.7 Å². The van der Waals surface area contributed by atoms with Crippen LogP contribution >= 0.6 is 0 Å². The summed E-state index contributed by atoms with van der Waals surface area (Å²) < 4.78 is 11.1. The van der Waals surface area contributed by atoms with E-state index in [0.29, 0.717) is 29.4 Å². The van der Waals surface area contributed by atoms with Crippen molar-refractivity contribution in [3.05, 3.63) is 23.5 Å². The standard InChI is InChI=1S/C21H32N4O2/c1-8-14(9-2)22-19-16(10-3)23-18(21(25-19)27-7)15-11-12-17(13(4)5)24-20(15)26-6/h11-14H,8-10H2,1-7H3,(H,22,25). The zero-order valence-corrected chi connectivity index (χ0v) is 17.6. The number of nitrogens with one attached hydrogen (secondary N) is 1. The average molecular weight is 373 g/mol. The maximum absolute atomic E-state index is 5.57. The summed E-state index contributed by atoms with van der Waals surface area (Å²) in [6, 6.07) is 4.36. The number of anilines is 1. The zero-order valence-electron chi connectivity index (χ0n) is 17.6. The first-order valence-corrected chi connectivity index (χ1v) is 9.75. The summed E-state index contributed by atoms with van der Waals surface area (Å²) >= 11 is 0. The van der Waals surface area contributed by atoms with Crippen molar-refractivity contribution in [3.8, 4) is 23.0 Å². The number of aromatic nitrogens is 3. The Hall–Kier alpha value is -2.37. The van der Waals surface area contributed by atoms with Gasteiger partial charge in [-0.25, -0.2) is 9.97 Å². The van der Waals surface area contributed by atoms with Crippen molar-refractivity contribution in [3.63, 3.8) is 0 Å². The number of ether oxygens (including phenoxy) is 2. The molecule has 0 radical (unpaired) electrons. The van der Waals surface area contributed by atoms with Crippen molar-refractivity contribution in [2.45, 2.75) is 65.8 Å². The summed E-state index contributed by atoms with van der Waals surface area (Å²) in [4.78, 5) is 14.2. The predicted octanol–water partition coefficient (Wildman–Crippen LogP) is 4.84. The van der Waals surface area contributed by atoms with Crippen LogP contribution in [0.2, 0.25) is 0 Å². The van der Waals surface area contributed by atoms with Gasteiger partial charge in [0.1, 0.15) is 5.69 Å². The van der Waals surface area contributed by atoms with Crippen molar-refractivity contribution < 1.29 is 9.47 Å². The number of hydrogen-bond acceptors (Lipinski definition) is 6. The molecule has 0 unspecified atom stereocenters. The number of hydrogen-bond donors (Lipinski definition) is 1. The molecule has 0 aliphatic carbocycles. The Morgan fingerprint density at radius 1 is 0.926 bits per heavy atom. The van der Waals surface area contributed by atoms with Crippen molar-refractivity contribution in [2.75, 3.05) is 19.5 Å². The summed E-state index contributed by atoms with van der Waals surface area (Å²) in [5.41, 5.74) is 3.33. The Balaban J connectivity index is 2.57. The van der Waals surface area contributed by atoms with E-state index in [9.17, 15) is 0 Å². The summed E-state index contributed by atoms with van der Waals surface area (Å²) in [6.45, 7) is 10.6. The minimum absolute atomic E-state index is 0.318. The molecule has 0 amide bonds. The van der Waals surface area contributed by atoms with Crippen molar-refractivity contribution in [1.29, 1.82) is 0 Å². The van der Waals surface area contributed by atoms with Crippen LogP contribution in [0.5, 0.6) is 11.8 Å². The smallest absolute Gasteiger partial charge is 0.242 e. The van der Waals surface area contributed by atoms with Crippen LogP contribution in [-0.4, -0.2) is 35.2 Å². The molecule has 1 N–H and O–H groups in total. The fourth-order valence-corrected chi connectivity index (χ4v) is 2.93. The molecule has 2 heterocycles. The molecule has 6 nitrogen and oxygen atoms in total. The number of nitrogens with zero attached hydrogens (tertiary/aromatic N) is 3. The van der Waals surface area contributed by atoms with Crippen LogP contribution in [0.25, 0.3) is 11.3 Å². The first-order chi connectivity index (χ1) is 13.0. The van der Waals surface area contributed by atoms with E-state index in [-0.39, 0.29) is 0 Å². The molecule has 2 aromatic rings. The largest absolute Gasteiger partial charge is 0.480 e. The van der Waals surface area contributed by atoms with Crippen molar-refractivity contribution in [1.82, 2.24) is 15.0 Å². The topological polar surface area (TPSA) is 69.2 Å². The monoisotopic (exact) mass is 372 g/mol. The fraction of sp³-hybridized carbons (Fsp3) is 0.571. The molecule has 0 aliphatic heterocycles. The molecule has 0 bridgehead atoms. The Bertz CT molecular complexity index is 758. The Kier molecular flexibility index (Phi) is 7.39. The Morgan fingerprint density at radius 3 is 2.11 bits per heavy atom. The molecular formula is C21H32N4O2. The molecular weight excluding hydrogens is 340 g/mol. The van der Waals surface area contributed by atoms with Gasteiger partial charge in [-0.15, -0.1) is 0 Å². The molecule has 0 atom stereocenters. The summed E-state index contributed by atoms with van der Waals surface area (Å²) in [5, 5.41) is 3.50.